The molecule has 6 aromatic rings. The topological polar surface area (TPSA) is 313 Å². The number of rotatable bonds is 21. The lowest BCUT2D eigenvalue weighted by Gasteiger charge is -2.38. The molecule has 3 aromatic carbocycles. The number of aromatic carboxylic acids is 1. The number of phenols is 2. The molecule has 10 rings (SSSR count). The van der Waals surface area contributed by atoms with Crippen molar-refractivity contribution in [3.63, 3.8) is 0 Å². The molecule has 3 aromatic heterocycles. The van der Waals surface area contributed by atoms with Gasteiger partial charge in [-0.2, -0.15) is 15.0 Å². The summed E-state index contributed by atoms with van der Waals surface area (Å²) in [5.74, 6) is -0.494. The van der Waals surface area contributed by atoms with Crippen LogP contribution in [0.3, 0.4) is 0 Å². The van der Waals surface area contributed by atoms with E-state index in [1.165, 1.54) is 35.0 Å². The number of amides is 2. The third-order valence-electron chi connectivity index (χ3n) is 14.6. The molecule has 2 fully saturated rings. The fraction of sp³-hybridized carbons (Fsp3) is 0.375. The number of phenolic OH excluding ortho intramolecular Hbond substituents is 2. The fourth-order valence-electron chi connectivity index (χ4n) is 10.3. The average Bonchev–Trinajstić information content (AvgIpc) is 4.16. The van der Waals surface area contributed by atoms with Crippen molar-refractivity contribution in [3.05, 3.63) is 124 Å². The monoisotopic (exact) mass is 1090 g/mol. The summed E-state index contributed by atoms with van der Waals surface area (Å²) >= 11 is 0. The van der Waals surface area contributed by atoms with E-state index >= 15 is 0 Å². The zero-order valence-electron chi connectivity index (χ0n) is 44.3. The van der Waals surface area contributed by atoms with Gasteiger partial charge in [0.25, 0.3) is 0 Å². The predicted octanol–water partition coefficient (Wildman–Crippen LogP) is 4.81. The maximum atomic E-state index is 14.5. The number of aromatic nitrogens is 9. The van der Waals surface area contributed by atoms with E-state index in [-0.39, 0.29) is 71.0 Å². The lowest BCUT2D eigenvalue weighted by molar-refractivity contribution is -0.136. The van der Waals surface area contributed by atoms with E-state index in [9.17, 15) is 39.6 Å². The van der Waals surface area contributed by atoms with Crippen molar-refractivity contribution < 1.29 is 39.2 Å². The Bertz CT molecular complexity index is 3510. The van der Waals surface area contributed by atoms with Crippen LogP contribution in [-0.2, 0) is 28.9 Å². The maximum Gasteiger partial charge on any atom is 0.336 e. The Morgan fingerprint density at radius 3 is 1.96 bits per heavy atom. The first-order valence-corrected chi connectivity index (χ1v) is 26.9. The summed E-state index contributed by atoms with van der Waals surface area (Å²) in [4.78, 5) is 76.9. The van der Waals surface area contributed by atoms with Gasteiger partial charge in [-0.1, -0.05) is 42.0 Å². The molecule has 2 amide bonds. The number of carbonyl (C=O) groups is 3. The van der Waals surface area contributed by atoms with E-state index in [1.807, 2.05) is 20.9 Å². The molecule has 0 unspecified atom stereocenters. The number of fused-ring (bicyclic) bond motifs is 2. The number of aryl methyl sites for hydroxylation is 1. The Balaban J connectivity index is 0.938. The molecule has 0 bridgehead atoms. The van der Waals surface area contributed by atoms with Gasteiger partial charge < -0.3 is 55.5 Å². The van der Waals surface area contributed by atoms with E-state index in [0.29, 0.717) is 111 Å². The first kappa shape index (κ1) is 54.3. The number of carboxylic acids is 1. The van der Waals surface area contributed by atoms with Gasteiger partial charge in [0.05, 0.1) is 17.0 Å². The Kier molecular flexibility index (Phi) is 16.5. The second-order valence-electron chi connectivity index (χ2n) is 20.0. The minimum Gasteiger partial charge on any atom is -0.508 e. The summed E-state index contributed by atoms with van der Waals surface area (Å²) in [5, 5.41) is 61.7. The van der Waals surface area contributed by atoms with Crippen LogP contribution in [0, 0.1) is 0 Å². The first-order valence-electron chi connectivity index (χ1n) is 26.9. The number of hydrogen-bond acceptors (Lipinski definition) is 19. The van der Waals surface area contributed by atoms with Crippen molar-refractivity contribution in [2.24, 2.45) is 5.73 Å². The summed E-state index contributed by atoms with van der Waals surface area (Å²) < 4.78 is 9.25. The van der Waals surface area contributed by atoms with Crippen LogP contribution in [0.1, 0.15) is 78.4 Å². The van der Waals surface area contributed by atoms with E-state index in [4.69, 9.17) is 25.1 Å². The molecule has 24 nitrogen and oxygen atoms in total. The van der Waals surface area contributed by atoms with Crippen LogP contribution in [0.5, 0.6) is 11.5 Å². The lowest BCUT2D eigenvalue weighted by Crippen LogP contribution is -2.52. The number of aromatic hydroxyl groups is 2. The molecule has 24 heteroatoms. The Morgan fingerprint density at radius 2 is 1.32 bits per heavy atom. The molecular weight excluding hydrogens is 1030 g/mol. The number of unbranched alkanes of at least 4 members (excludes halogenated alkanes) is 2. The number of carboxylic acid groups (broad SMARTS) is 1. The zero-order valence-corrected chi connectivity index (χ0v) is 44.3. The highest BCUT2D eigenvalue weighted by molar-refractivity contribution is 6.08. The molecule has 4 aliphatic rings. The van der Waals surface area contributed by atoms with E-state index in [2.05, 4.69) is 32.9 Å². The number of nitrogens with one attached hydrogen (secondary N) is 1. The predicted molar refractivity (Wildman–Crippen MR) is 296 cm³/mol. The molecule has 0 radical (unpaired) electrons. The second kappa shape index (κ2) is 24.3. The summed E-state index contributed by atoms with van der Waals surface area (Å²) in [6.07, 6.45) is 8.93. The number of piperazine rings is 2. The van der Waals surface area contributed by atoms with E-state index in [0.717, 1.165) is 43.4 Å². The van der Waals surface area contributed by atoms with Gasteiger partial charge in [0, 0.05) is 119 Å². The van der Waals surface area contributed by atoms with Gasteiger partial charge in [-0.25, -0.2) is 14.2 Å². The Hall–Kier alpha value is -9.03. The van der Waals surface area contributed by atoms with Gasteiger partial charge >= 0.3 is 5.97 Å². The SMILES string of the molecule is CCCCc1cn([C@@H](CCCCN)C(=O)N2CCN(c3nc(Nc4ccc(-c5c6ccc(=O)cc-6oc6cc(O)ccc56)c(C(=O)O)c4)nc(N4CCN(C(=O)[C@H](Cc5ccc(O)cc5)n5cc(CCO)nn5)CC4)n3)CC2)nn1. The van der Waals surface area contributed by atoms with E-state index in [1.54, 1.807) is 64.3 Å². The molecule has 416 valence electrons. The van der Waals surface area contributed by atoms with Crippen molar-refractivity contribution in [2.45, 2.75) is 70.4 Å². The minimum absolute atomic E-state index is 0.0590. The molecule has 2 saturated heterocycles. The molecule has 0 saturated carbocycles. The summed E-state index contributed by atoms with van der Waals surface area (Å²) in [7, 11) is 0. The molecule has 6 heterocycles. The quantitative estimate of drug-likeness (QED) is 0.0415. The minimum atomic E-state index is -1.23. The molecule has 3 aliphatic heterocycles. The molecule has 2 atom stereocenters. The highest BCUT2D eigenvalue weighted by Gasteiger charge is 2.34. The van der Waals surface area contributed by atoms with Crippen molar-refractivity contribution in [1.29, 1.82) is 0 Å². The van der Waals surface area contributed by atoms with Gasteiger partial charge in [-0.3, -0.25) is 14.4 Å². The summed E-state index contributed by atoms with van der Waals surface area (Å²) in [5.41, 5.74) is 9.57. The molecule has 80 heavy (non-hydrogen) atoms. The third-order valence-corrected chi connectivity index (χ3v) is 14.6. The van der Waals surface area contributed by atoms with Crippen molar-refractivity contribution in [2.75, 3.05) is 80.6 Å². The zero-order chi connectivity index (χ0) is 55.9. The second-order valence-corrected chi connectivity index (χ2v) is 20.0. The van der Waals surface area contributed by atoms with Crippen LogP contribution in [0.25, 0.3) is 33.4 Å². The normalized spacial score (nSPS) is 14.7. The number of aliphatic hydroxyl groups is 1. The van der Waals surface area contributed by atoms with Gasteiger partial charge in [-0.05, 0) is 98.3 Å². The van der Waals surface area contributed by atoms with Crippen LogP contribution in [0.2, 0.25) is 0 Å². The van der Waals surface area contributed by atoms with Crippen LogP contribution in [0.15, 0.2) is 100 Å². The third kappa shape index (κ3) is 12.1. The summed E-state index contributed by atoms with van der Waals surface area (Å²) in [6, 6.07) is 19.0. The van der Waals surface area contributed by atoms with Crippen molar-refractivity contribution in [3.8, 4) is 33.9 Å². The van der Waals surface area contributed by atoms with Gasteiger partial charge in [0.2, 0.25) is 29.7 Å². The Morgan fingerprint density at radius 1 is 0.700 bits per heavy atom. The smallest absolute Gasteiger partial charge is 0.336 e. The molecule has 0 spiro atoms. The largest absolute Gasteiger partial charge is 0.508 e. The van der Waals surface area contributed by atoms with Crippen LogP contribution in [0.4, 0.5) is 23.5 Å². The van der Waals surface area contributed by atoms with Gasteiger partial charge in [-0.15, -0.1) is 10.2 Å². The van der Waals surface area contributed by atoms with Crippen LogP contribution in [-0.4, -0.2) is 158 Å². The fourth-order valence-corrected chi connectivity index (χ4v) is 10.3. The molecule has 7 N–H and O–H groups in total. The Labute approximate surface area is 459 Å². The average molecular weight is 1090 g/mol. The maximum absolute atomic E-state index is 14.5. The molecule has 1 aliphatic carbocycles. The number of nitrogens with two attached hydrogens (primary N) is 1. The number of carbonyl (C=O) groups excluding carboxylic acids is 2. The standard InChI is InChI=1S/C56H63N15O9/c1-2-3-6-37-33-70(64-62-37)46(7-4-5-19-57)51(76)66-20-24-68(25-21-66)55-59-54(58-36-10-15-42(45(30-36)53(78)79)50-43-16-13-40(74)31-48(43)80-49-32-41(75)14-17-44(49)50)60-56(61-55)69-26-22-67(23-27-69)52(77)47(29-35-8-11-39(73)12-9-35)71-34-38(18-28-72)63-65-71/h8-17,30-34,46-47,72-74H,2-7,18-29,57H2,1H3,(H,78,79)(H,58,59,60,61)/t46-,47-/m0/s1. The van der Waals surface area contributed by atoms with Crippen LogP contribution < -0.4 is 26.3 Å². The molecular formula is C56H63N15O9. The summed E-state index contributed by atoms with van der Waals surface area (Å²) in [6.45, 7) is 5.24. The van der Waals surface area contributed by atoms with E-state index < -0.39 is 18.1 Å². The van der Waals surface area contributed by atoms with Crippen LogP contribution >= 0.6 is 0 Å². The highest BCUT2D eigenvalue weighted by atomic mass is 16.4. The first-order chi connectivity index (χ1) is 38.9. The van der Waals surface area contributed by atoms with Gasteiger partial charge in [0.15, 0.2) is 5.43 Å². The highest BCUT2D eigenvalue weighted by Crippen LogP contribution is 2.43. The van der Waals surface area contributed by atoms with Crippen molar-refractivity contribution in [1.82, 2.24) is 54.7 Å². The van der Waals surface area contributed by atoms with Crippen molar-refractivity contribution >= 4 is 52.3 Å². The number of benzene rings is 4. The number of hydrogen-bond donors (Lipinski definition) is 6. The number of aliphatic hydroxyl groups excluding tert-OH is 1. The number of anilines is 4. The van der Waals surface area contributed by atoms with Gasteiger partial charge in [0.1, 0.15) is 34.9 Å². The number of nitrogens with zero attached hydrogens (tertiary/aromatic N) is 13. The lowest BCUT2D eigenvalue weighted by atomic mass is 9.90.